The van der Waals surface area contributed by atoms with Crippen molar-refractivity contribution < 1.29 is 9.59 Å². The van der Waals surface area contributed by atoms with Gasteiger partial charge in [0, 0.05) is 31.3 Å². The Morgan fingerprint density at radius 2 is 1.86 bits per heavy atom. The fraction of sp³-hybridized carbons (Fsp3) is 0.381. The Kier molecular flexibility index (Phi) is 5.00. The lowest BCUT2D eigenvalue weighted by molar-refractivity contribution is -0.127. The predicted octanol–water partition coefficient (Wildman–Crippen LogP) is 2.33. The zero-order chi connectivity index (χ0) is 20.5. The summed E-state index contributed by atoms with van der Waals surface area (Å²) in [4.78, 5) is 34.8. The number of carbonyl (C=O) groups excluding carboxylic acids is 2. The van der Waals surface area contributed by atoms with E-state index in [4.69, 9.17) is 0 Å². The van der Waals surface area contributed by atoms with Crippen LogP contribution >= 0.6 is 0 Å². The molecule has 0 unspecified atom stereocenters. The Labute approximate surface area is 169 Å². The van der Waals surface area contributed by atoms with E-state index in [2.05, 4.69) is 34.2 Å². The van der Waals surface area contributed by atoms with E-state index in [1.807, 2.05) is 30.5 Å². The number of imidazole rings is 1. The third kappa shape index (κ3) is 3.70. The van der Waals surface area contributed by atoms with E-state index in [1.54, 1.807) is 16.5 Å². The van der Waals surface area contributed by atoms with E-state index < -0.39 is 0 Å². The van der Waals surface area contributed by atoms with Gasteiger partial charge in [0.15, 0.2) is 0 Å². The minimum absolute atomic E-state index is 0.00651. The minimum atomic E-state index is -0.303. The number of nitrogens with zero attached hydrogens (tertiary/aromatic N) is 5. The molecular formula is C21H24N6O2. The minimum Gasteiger partial charge on any atom is -0.345 e. The second kappa shape index (κ2) is 7.62. The Morgan fingerprint density at radius 1 is 1.14 bits per heavy atom. The summed E-state index contributed by atoms with van der Waals surface area (Å²) in [6.45, 7) is 4.60. The molecule has 29 heavy (non-hydrogen) atoms. The maximum Gasteiger partial charge on any atom is 0.251 e. The molecule has 3 heterocycles. The first-order valence-corrected chi connectivity index (χ1v) is 9.89. The Balaban J connectivity index is 1.52. The number of aryl methyl sites for hydroxylation is 2. The van der Waals surface area contributed by atoms with E-state index in [1.165, 1.54) is 0 Å². The predicted molar refractivity (Wildman–Crippen MR) is 109 cm³/mol. The molecule has 1 saturated heterocycles. The third-order valence-electron chi connectivity index (χ3n) is 5.30. The van der Waals surface area contributed by atoms with Crippen LogP contribution in [0.1, 0.15) is 31.7 Å². The first-order chi connectivity index (χ1) is 14.0. The summed E-state index contributed by atoms with van der Waals surface area (Å²) in [6, 6.07) is 7.50. The molecule has 4 rings (SSSR count). The molecule has 2 aromatic heterocycles. The number of aromatic nitrogens is 4. The number of fused-ring (bicyclic) bond motifs is 1. The van der Waals surface area contributed by atoms with E-state index in [0.717, 1.165) is 35.5 Å². The number of rotatable bonds is 5. The van der Waals surface area contributed by atoms with Crippen LogP contribution in [0.4, 0.5) is 5.69 Å². The molecule has 8 nitrogen and oxygen atoms in total. The number of anilines is 1. The fourth-order valence-electron chi connectivity index (χ4n) is 3.59. The topological polar surface area (TPSA) is 92.5 Å². The molecule has 1 N–H and O–H groups in total. The summed E-state index contributed by atoms with van der Waals surface area (Å²) < 4.78 is 1.72. The van der Waals surface area contributed by atoms with Gasteiger partial charge in [-0.1, -0.05) is 26.0 Å². The van der Waals surface area contributed by atoms with E-state index >= 15 is 0 Å². The van der Waals surface area contributed by atoms with Crippen LogP contribution in [0.15, 0.2) is 30.5 Å². The van der Waals surface area contributed by atoms with Crippen LogP contribution in [-0.2, 0) is 22.4 Å². The van der Waals surface area contributed by atoms with Crippen molar-refractivity contribution in [2.75, 3.05) is 18.9 Å². The highest BCUT2D eigenvalue weighted by molar-refractivity contribution is 5.97. The quantitative estimate of drug-likeness (QED) is 0.719. The molecule has 0 bridgehead atoms. The summed E-state index contributed by atoms with van der Waals surface area (Å²) in [5.74, 6) is 0.160. The molecule has 0 radical (unpaired) electrons. The second-order valence-corrected chi connectivity index (χ2v) is 7.32. The molecule has 8 heteroatoms. The van der Waals surface area contributed by atoms with Gasteiger partial charge in [-0.3, -0.25) is 9.59 Å². The molecule has 1 aliphatic heterocycles. The van der Waals surface area contributed by atoms with Crippen molar-refractivity contribution in [2.45, 2.75) is 33.1 Å². The van der Waals surface area contributed by atoms with Crippen molar-refractivity contribution in [3.63, 3.8) is 0 Å². The molecule has 1 aromatic carbocycles. The number of carbonyl (C=O) groups is 2. The van der Waals surface area contributed by atoms with Crippen LogP contribution < -0.4 is 5.32 Å². The van der Waals surface area contributed by atoms with Gasteiger partial charge in [0.2, 0.25) is 11.8 Å². The van der Waals surface area contributed by atoms with Gasteiger partial charge in [-0.2, -0.15) is 5.10 Å². The second-order valence-electron chi connectivity index (χ2n) is 7.32. The lowest BCUT2D eigenvalue weighted by Crippen LogP contribution is -2.25. The summed E-state index contributed by atoms with van der Waals surface area (Å²) in [7, 11) is 1.72. The van der Waals surface area contributed by atoms with Gasteiger partial charge in [-0.15, -0.1) is 0 Å². The van der Waals surface area contributed by atoms with Crippen molar-refractivity contribution in [1.82, 2.24) is 24.5 Å². The molecule has 0 saturated carbocycles. The van der Waals surface area contributed by atoms with Crippen molar-refractivity contribution in [1.29, 1.82) is 0 Å². The molecular weight excluding hydrogens is 368 g/mol. The maximum atomic E-state index is 12.4. The monoisotopic (exact) mass is 392 g/mol. The number of hydrogen-bond acceptors (Lipinski definition) is 5. The van der Waals surface area contributed by atoms with Crippen molar-refractivity contribution >= 4 is 23.3 Å². The van der Waals surface area contributed by atoms with Gasteiger partial charge in [0.05, 0.1) is 29.2 Å². The van der Waals surface area contributed by atoms with Crippen LogP contribution in [0.5, 0.6) is 0 Å². The van der Waals surface area contributed by atoms with Crippen LogP contribution in [-0.4, -0.2) is 49.9 Å². The largest absolute Gasteiger partial charge is 0.345 e. The normalized spacial score (nSPS) is 16.6. The Bertz CT molecular complexity index is 1030. The van der Waals surface area contributed by atoms with Gasteiger partial charge in [0.25, 0.3) is 5.78 Å². The van der Waals surface area contributed by atoms with Crippen LogP contribution in [0.25, 0.3) is 17.0 Å². The van der Waals surface area contributed by atoms with Gasteiger partial charge in [-0.05, 0) is 25.0 Å². The molecule has 1 fully saturated rings. The highest BCUT2D eigenvalue weighted by Crippen LogP contribution is 2.23. The zero-order valence-corrected chi connectivity index (χ0v) is 16.8. The van der Waals surface area contributed by atoms with Crippen molar-refractivity contribution in [3.05, 3.63) is 41.9 Å². The van der Waals surface area contributed by atoms with Crippen molar-refractivity contribution in [3.8, 4) is 11.3 Å². The van der Waals surface area contributed by atoms with Crippen LogP contribution in [0.2, 0.25) is 0 Å². The summed E-state index contributed by atoms with van der Waals surface area (Å²) in [6.07, 6.45) is 3.79. The van der Waals surface area contributed by atoms with E-state index in [0.29, 0.717) is 18.0 Å². The Morgan fingerprint density at radius 3 is 2.48 bits per heavy atom. The van der Waals surface area contributed by atoms with Crippen LogP contribution in [0.3, 0.4) is 0 Å². The number of hydrogen-bond donors (Lipinski definition) is 1. The molecule has 2 amide bonds. The average molecular weight is 392 g/mol. The lowest BCUT2D eigenvalue weighted by Gasteiger charge is -2.11. The van der Waals surface area contributed by atoms with Gasteiger partial charge in [0.1, 0.15) is 0 Å². The highest BCUT2D eigenvalue weighted by Gasteiger charge is 2.32. The number of amides is 2. The van der Waals surface area contributed by atoms with Gasteiger partial charge in [-0.25, -0.2) is 14.5 Å². The smallest absolute Gasteiger partial charge is 0.251 e. The molecule has 3 aromatic rings. The van der Waals surface area contributed by atoms with Gasteiger partial charge < -0.3 is 10.2 Å². The average Bonchev–Trinajstić information content (AvgIpc) is 3.30. The number of likely N-dealkylation sites (tertiary alicyclic amines) is 1. The van der Waals surface area contributed by atoms with Gasteiger partial charge >= 0.3 is 0 Å². The SMILES string of the molecule is CCc1nc2nc(-c3ccc(NC(=O)[C@@H]4CC(=O)N(C)C4)cc3)cn2nc1CC. The van der Waals surface area contributed by atoms with E-state index in [-0.39, 0.29) is 24.2 Å². The summed E-state index contributed by atoms with van der Waals surface area (Å²) >= 11 is 0. The van der Waals surface area contributed by atoms with Crippen LogP contribution in [0, 0.1) is 5.92 Å². The zero-order valence-electron chi connectivity index (χ0n) is 16.8. The molecule has 1 atom stereocenters. The van der Waals surface area contributed by atoms with E-state index in [9.17, 15) is 9.59 Å². The number of nitrogens with one attached hydrogen (secondary N) is 1. The third-order valence-corrected chi connectivity index (χ3v) is 5.30. The standard InChI is InChI=1S/C21H24N6O2/c1-4-16-17(5-2)25-27-12-18(24-21(27)23-16)13-6-8-15(9-7-13)22-20(29)14-10-19(28)26(3)11-14/h6-9,12,14H,4-5,10-11H2,1-3H3,(H,22,29)/t14-/m1/s1. The fourth-order valence-corrected chi connectivity index (χ4v) is 3.59. The molecule has 0 spiro atoms. The lowest BCUT2D eigenvalue weighted by atomic mass is 10.1. The Hall–Kier alpha value is -3.29. The maximum absolute atomic E-state index is 12.4. The first kappa shape index (κ1) is 19.0. The molecule has 150 valence electrons. The first-order valence-electron chi connectivity index (χ1n) is 9.89. The molecule has 0 aliphatic carbocycles. The molecule has 1 aliphatic rings. The summed E-state index contributed by atoms with van der Waals surface area (Å²) in [5.41, 5.74) is 4.36. The van der Waals surface area contributed by atoms with Crippen molar-refractivity contribution in [2.24, 2.45) is 5.92 Å². The number of benzene rings is 1. The summed E-state index contributed by atoms with van der Waals surface area (Å²) in [5, 5.41) is 7.52. The highest BCUT2D eigenvalue weighted by atomic mass is 16.2.